The highest BCUT2D eigenvalue weighted by molar-refractivity contribution is 9.10. The molecule has 2 rings (SSSR count). The Labute approximate surface area is 154 Å². The molecule has 0 aliphatic heterocycles. The predicted molar refractivity (Wildman–Crippen MR) is 95.7 cm³/mol. The standard InChI is InChI=1S/C17H17BrFNO4S/c1-24-17(21)10-16(13-5-7-14(18)8-6-13)20-25(22,23)11-12-3-2-4-15(19)9-12/h2-9,16,20H,10-11H2,1H3. The maximum atomic E-state index is 13.2. The van der Waals surface area contributed by atoms with Gasteiger partial charge in [0.1, 0.15) is 5.82 Å². The van der Waals surface area contributed by atoms with Crippen LogP contribution in [0.5, 0.6) is 0 Å². The number of halogens is 2. The van der Waals surface area contributed by atoms with Gasteiger partial charge < -0.3 is 4.74 Å². The first kappa shape index (κ1) is 19.6. The zero-order valence-electron chi connectivity index (χ0n) is 13.4. The van der Waals surface area contributed by atoms with Gasteiger partial charge in [-0.1, -0.05) is 40.2 Å². The summed E-state index contributed by atoms with van der Waals surface area (Å²) in [6.45, 7) is 0. The first-order valence-corrected chi connectivity index (χ1v) is 9.80. The van der Waals surface area contributed by atoms with E-state index in [9.17, 15) is 17.6 Å². The molecule has 2 aromatic carbocycles. The van der Waals surface area contributed by atoms with Gasteiger partial charge in [0.25, 0.3) is 0 Å². The number of esters is 1. The molecule has 134 valence electrons. The molecule has 0 aromatic heterocycles. The Morgan fingerprint density at radius 2 is 1.92 bits per heavy atom. The highest BCUT2D eigenvalue weighted by Gasteiger charge is 2.23. The van der Waals surface area contributed by atoms with Gasteiger partial charge in [-0.3, -0.25) is 4.79 Å². The van der Waals surface area contributed by atoms with Gasteiger partial charge in [-0.05, 0) is 35.4 Å². The monoisotopic (exact) mass is 429 g/mol. The number of ether oxygens (including phenoxy) is 1. The minimum atomic E-state index is -3.80. The second kappa shape index (κ2) is 8.55. The largest absolute Gasteiger partial charge is 0.469 e. The van der Waals surface area contributed by atoms with E-state index in [2.05, 4.69) is 25.4 Å². The van der Waals surface area contributed by atoms with E-state index in [1.54, 1.807) is 24.3 Å². The van der Waals surface area contributed by atoms with Gasteiger partial charge in [0.05, 0.1) is 25.3 Å². The Hall–Kier alpha value is -1.77. The molecule has 25 heavy (non-hydrogen) atoms. The molecule has 8 heteroatoms. The lowest BCUT2D eigenvalue weighted by Crippen LogP contribution is -2.31. The maximum absolute atomic E-state index is 13.2. The molecule has 0 saturated heterocycles. The molecule has 0 bridgehead atoms. The van der Waals surface area contributed by atoms with E-state index < -0.39 is 27.9 Å². The Morgan fingerprint density at radius 1 is 1.24 bits per heavy atom. The number of rotatable bonds is 7. The summed E-state index contributed by atoms with van der Waals surface area (Å²) in [7, 11) is -2.56. The van der Waals surface area contributed by atoms with Crippen molar-refractivity contribution in [2.75, 3.05) is 7.11 Å². The van der Waals surface area contributed by atoms with Crippen molar-refractivity contribution in [2.45, 2.75) is 18.2 Å². The van der Waals surface area contributed by atoms with Crippen molar-refractivity contribution in [1.29, 1.82) is 0 Å². The molecule has 1 N–H and O–H groups in total. The zero-order chi connectivity index (χ0) is 18.4. The van der Waals surface area contributed by atoms with Gasteiger partial charge in [0, 0.05) is 4.47 Å². The zero-order valence-corrected chi connectivity index (χ0v) is 15.8. The molecule has 0 heterocycles. The Balaban J connectivity index is 2.22. The summed E-state index contributed by atoms with van der Waals surface area (Å²) in [4.78, 5) is 11.6. The van der Waals surface area contributed by atoms with Crippen LogP contribution < -0.4 is 4.72 Å². The Kier molecular flexibility index (Phi) is 6.69. The minimum absolute atomic E-state index is 0.152. The lowest BCUT2D eigenvalue weighted by Gasteiger charge is -2.18. The van der Waals surface area contributed by atoms with Crippen LogP contribution in [0.25, 0.3) is 0 Å². The van der Waals surface area contributed by atoms with Crippen molar-refractivity contribution in [3.8, 4) is 0 Å². The van der Waals surface area contributed by atoms with Crippen molar-refractivity contribution < 1.29 is 22.3 Å². The van der Waals surface area contributed by atoms with E-state index in [1.165, 1.54) is 25.3 Å². The summed E-state index contributed by atoms with van der Waals surface area (Å²) in [5.41, 5.74) is 0.941. The molecule has 0 radical (unpaired) electrons. The number of hydrogen-bond acceptors (Lipinski definition) is 4. The summed E-state index contributed by atoms with van der Waals surface area (Å²) in [5.74, 6) is -1.44. The van der Waals surface area contributed by atoms with Crippen molar-refractivity contribution in [1.82, 2.24) is 4.72 Å². The van der Waals surface area contributed by atoms with Crippen LogP contribution in [0.3, 0.4) is 0 Å². The third kappa shape index (κ3) is 6.22. The molecular formula is C17H17BrFNO4S. The molecule has 0 amide bonds. The van der Waals surface area contributed by atoms with Crippen molar-refractivity contribution in [3.63, 3.8) is 0 Å². The van der Waals surface area contributed by atoms with Gasteiger partial charge >= 0.3 is 5.97 Å². The van der Waals surface area contributed by atoms with Gasteiger partial charge in [-0.25, -0.2) is 17.5 Å². The van der Waals surface area contributed by atoms with E-state index in [-0.39, 0.29) is 12.2 Å². The van der Waals surface area contributed by atoms with E-state index in [0.29, 0.717) is 11.1 Å². The number of carbonyl (C=O) groups is 1. The summed E-state index contributed by atoms with van der Waals surface area (Å²) < 4.78 is 46.1. The predicted octanol–water partition coefficient (Wildman–Crippen LogP) is 3.31. The van der Waals surface area contributed by atoms with Gasteiger partial charge in [0.2, 0.25) is 10.0 Å². The molecule has 0 saturated carbocycles. The highest BCUT2D eigenvalue weighted by Crippen LogP contribution is 2.22. The summed E-state index contributed by atoms with van der Waals surface area (Å²) in [5, 5.41) is 0. The van der Waals surface area contributed by atoms with E-state index in [0.717, 1.165) is 10.5 Å². The quantitative estimate of drug-likeness (QED) is 0.685. The van der Waals surface area contributed by atoms with Gasteiger partial charge in [-0.15, -0.1) is 0 Å². The van der Waals surface area contributed by atoms with Crippen LogP contribution in [-0.2, 0) is 25.3 Å². The third-order valence-electron chi connectivity index (χ3n) is 3.44. The molecule has 0 fully saturated rings. The Bertz CT molecular complexity index is 840. The van der Waals surface area contributed by atoms with Crippen molar-refractivity contribution in [3.05, 3.63) is 69.9 Å². The smallest absolute Gasteiger partial charge is 0.307 e. The summed E-state index contributed by atoms with van der Waals surface area (Å²) in [6, 6.07) is 11.5. The lowest BCUT2D eigenvalue weighted by molar-refractivity contribution is -0.141. The average Bonchev–Trinajstić information content (AvgIpc) is 2.54. The normalized spacial score (nSPS) is 12.6. The number of benzene rings is 2. The lowest BCUT2D eigenvalue weighted by atomic mass is 10.1. The van der Waals surface area contributed by atoms with Crippen LogP contribution in [0, 0.1) is 5.82 Å². The minimum Gasteiger partial charge on any atom is -0.469 e. The molecule has 5 nitrogen and oxygen atoms in total. The van der Waals surface area contributed by atoms with E-state index in [1.807, 2.05) is 0 Å². The van der Waals surface area contributed by atoms with Crippen LogP contribution in [0.4, 0.5) is 4.39 Å². The van der Waals surface area contributed by atoms with Crippen molar-refractivity contribution >= 4 is 31.9 Å². The second-order valence-corrected chi connectivity index (χ2v) is 8.06. The first-order valence-electron chi connectivity index (χ1n) is 7.36. The topological polar surface area (TPSA) is 72.5 Å². The molecule has 2 aromatic rings. The van der Waals surface area contributed by atoms with Crippen LogP contribution in [-0.4, -0.2) is 21.5 Å². The summed E-state index contributed by atoms with van der Waals surface area (Å²) in [6.07, 6.45) is -0.152. The number of sulfonamides is 1. The van der Waals surface area contributed by atoms with Gasteiger partial charge in [-0.2, -0.15) is 0 Å². The maximum Gasteiger partial charge on any atom is 0.307 e. The third-order valence-corrected chi connectivity index (χ3v) is 5.32. The number of nitrogens with one attached hydrogen (secondary N) is 1. The molecule has 1 unspecified atom stereocenters. The van der Waals surface area contributed by atoms with Crippen LogP contribution in [0.2, 0.25) is 0 Å². The Morgan fingerprint density at radius 3 is 2.52 bits per heavy atom. The fraction of sp³-hybridized carbons (Fsp3) is 0.235. The molecule has 0 spiro atoms. The molecular weight excluding hydrogens is 413 g/mol. The number of carbonyl (C=O) groups excluding carboxylic acids is 1. The van der Waals surface area contributed by atoms with Crippen LogP contribution >= 0.6 is 15.9 Å². The first-order chi connectivity index (χ1) is 11.8. The van der Waals surface area contributed by atoms with E-state index in [4.69, 9.17) is 0 Å². The van der Waals surface area contributed by atoms with Crippen molar-refractivity contribution in [2.24, 2.45) is 0 Å². The van der Waals surface area contributed by atoms with E-state index >= 15 is 0 Å². The highest BCUT2D eigenvalue weighted by atomic mass is 79.9. The fourth-order valence-electron chi connectivity index (χ4n) is 2.28. The van der Waals surface area contributed by atoms with Crippen LogP contribution in [0.15, 0.2) is 53.0 Å². The number of methoxy groups -OCH3 is 1. The average molecular weight is 430 g/mol. The SMILES string of the molecule is COC(=O)CC(NS(=O)(=O)Cc1cccc(F)c1)c1ccc(Br)cc1. The van der Waals surface area contributed by atoms with Crippen LogP contribution in [0.1, 0.15) is 23.6 Å². The molecule has 0 aliphatic rings. The molecule has 0 aliphatic carbocycles. The summed E-state index contributed by atoms with van der Waals surface area (Å²) >= 11 is 3.31. The fourth-order valence-corrected chi connectivity index (χ4v) is 3.90. The second-order valence-electron chi connectivity index (χ2n) is 5.39. The van der Waals surface area contributed by atoms with Gasteiger partial charge in [0.15, 0.2) is 0 Å². The molecule has 1 atom stereocenters. The number of hydrogen-bond donors (Lipinski definition) is 1.